The number of aryl methyl sites for hydroxylation is 2. The summed E-state index contributed by atoms with van der Waals surface area (Å²) in [7, 11) is 2.01. The van der Waals surface area contributed by atoms with Crippen molar-refractivity contribution in [1.82, 2.24) is 9.78 Å². The fourth-order valence-corrected chi connectivity index (χ4v) is 2.59. The fourth-order valence-electron chi connectivity index (χ4n) is 2.59. The first-order chi connectivity index (χ1) is 7.20. The SMILES string of the molecule is Cc1nn(C)c2[n+]1C(C)c1ccccc1-2. The van der Waals surface area contributed by atoms with E-state index in [0.29, 0.717) is 6.04 Å². The zero-order valence-electron chi connectivity index (χ0n) is 9.23. The summed E-state index contributed by atoms with van der Waals surface area (Å²) in [6.45, 7) is 4.29. The predicted molar refractivity (Wildman–Crippen MR) is 57.4 cm³/mol. The summed E-state index contributed by atoms with van der Waals surface area (Å²) in [5.74, 6) is 2.30. The van der Waals surface area contributed by atoms with Gasteiger partial charge >= 0.3 is 0 Å². The number of nitrogens with zero attached hydrogens (tertiary/aromatic N) is 3. The van der Waals surface area contributed by atoms with Crippen LogP contribution in [0.1, 0.15) is 24.4 Å². The molecule has 2 heterocycles. The van der Waals surface area contributed by atoms with Gasteiger partial charge in [-0.25, -0.2) is 4.57 Å². The number of hydrogen-bond acceptors (Lipinski definition) is 1. The number of hydrogen-bond donors (Lipinski definition) is 0. The molecule has 3 nitrogen and oxygen atoms in total. The highest BCUT2D eigenvalue weighted by Gasteiger charge is 2.35. The number of benzene rings is 1. The maximum atomic E-state index is 4.46. The van der Waals surface area contributed by atoms with Crippen molar-refractivity contribution in [1.29, 1.82) is 0 Å². The lowest BCUT2D eigenvalue weighted by Crippen LogP contribution is -2.37. The van der Waals surface area contributed by atoms with Gasteiger partial charge in [0.2, 0.25) is 0 Å². The van der Waals surface area contributed by atoms with Gasteiger partial charge in [0.15, 0.2) is 0 Å². The summed E-state index contributed by atoms with van der Waals surface area (Å²) in [6.07, 6.45) is 0. The molecule has 15 heavy (non-hydrogen) atoms. The van der Waals surface area contributed by atoms with Gasteiger partial charge in [0.25, 0.3) is 11.6 Å². The smallest absolute Gasteiger partial charge is 0.221 e. The van der Waals surface area contributed by atoms with E-state index < -0.39 is 0 Å². The van der Waals surface area contributed by atoms with Gasteiger partial charge in [-0.1, -0.05) is 18.2 Å². The largest absolute Gasteiger partial charge is 0.275 e. The number of aromatic nitrogens is 3. The van der Waals surface area contributed by atoms with E-state index in [1.807, 2.05) is 11.7 Å². The van der Waals surface area contributed by atoms with Crippen LogP contribution in [0.4, 0.5) is 0 Å². The van der Waals surface area contributed by atoms with Gasteiger partial charge in [0.05, 0.1) is 12.6 Å². The maximum Gasteiger partial charge on any atom is 0.275 e. The van der Waals surface area contributed by atoms with Crippen LogP contribution in [0.3, 0.4) is 0 Å². The van der Waals surface area contributed by atoms with Crippen molar-refractivity contribution in [2.24, 2.45) is 7.05 Å². The van der Waals surface area contributed by atoms with E-state index in [0.717, 1.165) is 5.82 Å². The van der Waals surface area contributed by atoms with Crippen LogP contribution >= 0.6 is 0 Å². The fraction of sp³-hybridized carbons (Fsp3) is 0.333. The van der Waals surface area contributed by atoms with Crippen molar-refractivity contribution in [3.63, 3.8) is 0 Å². The molecule has 3 heteroatoms. The monoisotopic (exact) mass is 200 g/mol. The van der Waals surface area contributed by atoms with Gasteiger partial charge in [-0.3, -0.25) is 0 Å². The van der Waals surface area contributed by atoms with Gasteiger partial charge in [-0.15, -0.1) is 4.68 Å². The van der Waals surface area contributed by atoms with Crippen LogP contribution in [0.5, 0.6) is 0 Å². The van der Waals surface area contributed by atoms with E-state index in [9.17, 15) is 0 Å². The molecule has 2 aromatic rings. The molecule has 0 spiro atoms. The molecule has 0 saturated heterocycles. The number of fused-ring (bicyclic) bond motifs is 3. The van der Waals surface area contributed by atoms with Crippen molar-refractivity contribution in [2.75, 3.05) is 0 Å². The molecule has 1 aromatic heterocycles. The molecule has 0 amide bonds. The van der Waals surface area contributed by atoms with Gasteiger partial charge in [0.1, 0.15) is 6.04 Å². The van der Waals surface area contributed by atoms with E-state index in [-0.39, 0.29) is 0 Å². The van der Waals surface area contributed by atoms with E-state index in [4.69, 9.17) is 0 Å². The summed E-state index contributed by atoms with van der Waals surface area (Å²) in [5.41, 5.74) is 2.71. The normalized spacial score (nSPS) is 17.7. The van der Waals surface area contributed by atoms with Gasteiger partial charge in [0, 0.05) is 17.6 Å². The lowest BCUT2D eigenvalue weighted by atomic mass is 10.1. The zero-order valence-corrected chi connectivity index (χ0v) is 9.23. The summed E-state index contributed by atoms with van der Waals surface area (Å²) in [6, 6.07) is 8.97. The Bertz CT molecular complexity index is 540. The standard InChI is InChI=1S/C12H14N3/c1-8-10-6-4-5-7-11(10)12-14(3)13-9(2)15(8)12/h4-8H,1-3H3/q+1. The second-order valence-electron chi connectivity index (χ2n) is 4.13. The van der Waals surface area contributed by atoms with Gasteiger partial charge < -0.3 is 0 Å². The first-order valence-electron chi connectivity index (χ1n) is 5.24. The Hall–Kier alpha value is -1.64. The van der Waals surface area contributed by atoms with Crippen LogP contribution in [-0.2, 0) is 7.05 Å². The molecule has 0 bridgehead atoms. The predicted octanol–water partition coefficient (Wildman–Crippen LogP) is 1.61. The number of rotatable bonds is 0. The zero-order chi connectivity index (χ0) is 10.6. The van der Waals surface area contributed by atoms with E-state index in [1.54, 1.807) is 0 Å². The molecule has 1 atom stereocenters. The third-order valence-electron chi connectivity index (χ3n) is 3.22. The molecule has 76 valence electrons. The van der Waals surface area contributed by atoms with Crippen LogP contribution in [-0.4, -0.2) is 9.78 Å². The summed E-state index contributed by atoms with van der Waals surface area (Å²) in [5, 5.41) is 4.46. The minimum Gasteiger partial charge on any atom is -0.221 e. The third kappa shape index (κ3) is 0.950. The Morgan fingerprint density at radius 3 is 2.87 bits per heavy atom. The summed E-state index contributed by atoms with van der Waals surface area (Å²) in [4.78, 5) is 0. The second kappa shape index (κ2) is 2.69. The lowest BCUT2D eigenvalue weighted by Gasteiger charge is -2.02. The van der Waals surface area contributed by atoms with Crippen molar-refractivity contribution >= 4 is 0 Å². The van der Waals surface area contributed by atoms with Crippen molar-refractivity contribution in [3.8, 4) is 11.4 Å². The molecule has 1 aromatic carbocycles. The maximum absolute atomic E-state index is 4.46. The summed E-state index contributed by atoms with van der Waals surface area (Å²) < 4.78 is 4.27. The molecule has 0 aliphatic carbocycles. The van der Waals surface area contributed by atoms with Crippen LogP contribution in [0.25, 0.3) is 11.4 Å². The topological polar surface area (TPSA) is 21.7 Å². The molecule has 1 aliphatic rings. The highest BCUT2D eigenvalue weighted by atomic mass is 15.4. The average molecular weight is 200 g/mol. The Morgan fingerprint density at radius 2 is 2.07 bits per heavy atom. The van der Waals surface area contributed by atoms with E-state index in [1.165, 1.54) is 17.0 Å². The molecule has 1 aliphatic heterocycles. The first-order valence-corrected chi connectivity index (χ1v) is 5.24. The molecule has 0 N–H and O–H groups in total. The quantitative estimate of drug-likeness (QED) is 0.592. The highest BCUT2D eigenvalue weighted by Crippen LogP contribution is 2.32. The van der Waals surface area contributed by atoms with Crippen LogP contribution < -0.4 is 4.57 Å². The second-order valence-corrected chi connectivity index (χ2v) is 4.13. The molecular formula is C12H14N3+. The Labute approximate surface area is 89.0 Å². The van der Waals surface area contributed by atoms with Gasteiger partial charge in [-0.2, -0.15) is 0 Å². The molecule has 0 fully saturated rings. The highest BCUT2D eigenvalue weighted by molar-refractivity contribution is 5.61. The molecule has 1 unspecified atom stereocenters. The Morgan fingerprint density at radius 1 is 1.33 bits per heavy atom. The van der Waals surface area contributed by atoms with Gasteiger partial charge in [-0.05, 0) is 13.0 Å². The molecule has 0 saturated carbocycles. The Balaban J connectivity index is 2.40. The minimum atomic E-state index is 0.407. The van der Waals surface area contributed by atoms with Crippen LogP contribution in [0, 0.1) is 6.92 Å². The molecular weight excluding hydrogens is 186 g/mol. The third-order valence-corrected chi connectivity index (χ3v) is 3.22. The molecule has 3 rings (SSSR count). The van der Waals surface area contributed by atoms with Crippen molar-refractivity contribution < 1.29 is 4.57 Å². The van der Waals surface area contributed by atoms with Crippen LogP contribution in [0.2, 0.25) is 0 Å². The van der Waals surface area contributed by atoms with Crippen molar-refractivity contribution in [2.45, 2.75) is 19.9 Å². The average Bonchev–Trinajstić information content (AvgIpc) is 2.68. The van der Waals surface area contributed by atoms with E-state index >= 15 is 0 Å². The van der Waals surface area contributed by atoms with Crippen molar-refractivity contribution in [3.05, 3.63) is 35.7 Å². The van der Waals surface area contributed by atoms with E-state index in [2.05, 4.69) is 47.8 Å². The lowest BCUT2D eigenvalue weighted by molar-refractivity contribution is -0.700. The van der Waals surface area contributed by atoms with Crippen LogP contribution in [0.15, 0.2) is 24.3 Å². The Kier molecular flexibility index (Phi) is 1.55. The first kappa shape index (κ1) is 8.65. The summed E-state index contributed by atoms with van der Waals surface area (Å²) >= 11 is 0. The minimum absolute atomic E-state index is 0.407. The molecule has 0 radical (unpaired) electrons.